The zero-order valence-corrected chi connectivity index (χ0v) is 11.2. The second-order valence-electron chi connectivity index (χ2n) is 4.40. The van der Waals surface area contributed by atoms with Crippen molar-refractivity contribution in [1.29, 1.82) is 5.26 Å². The Hall–Kier alpha value is -2.61. The molecular formula is C15H15N3O2. The minimum Gasteiger partial charge on any atom is -0.493 e. The van der Waals surface area contributed by atoms with Crippen LogP contribution in [-0.4, -0.2) is 16.2 Å². The lowest BCUT2D eigenvalue weighted by Crippen LogP contribution is -2.21. The van der Waals surface area contributed by atoms with E-state index >= 15 is 0 Å². The first kappa shape index (κ1) is 13.8. The fourth-order valence-corrected chi connectivity index (χ4v) is 1.76. The van der Waals surface area contributed by atoms with Gasteiger partial charge in [0.25, 0.3) is 5.56 Å². The second-order valence-corrected chi connectivity index (χ2v) is 4.40. The first-order chi connectivity index (χ1) is 9.69. The molecule has 0 aliphatic heterocycles. The fourth-order valence-electron chi connectivity index (χ4n) is 1.76. The van der Waals surface area contributed by atoms with Crippen molar-refractivity contribution >= 4 is 0 Å². The summed E-state index contributed by atoms with van der Waals surface area (Å²) in [4.78, 5) is 15.7. The molecule has 2 aromatic rings. The smallest absolute Gasteiger partial charge is 0.253 e. The molecule has 2 rings (SSSR count). The van der Waals surface area contributed by atoms with Crippen molar-refractivity contribution in [3.63, 3.8) is 0 Å². The van der Waals surface area contributed by atoms with Crippen LogP contribution in [0.15, 0.2) is 41.5 Å². The van der Waals surface area contributed by atoms with E-state index in [0.29, 0.717) is 30.9 Å². The third-order valence-electron chi connectivity index (χ3n) is 2.79. The Balaban J connectivity index is 1.84. The van der Waals surface area contributed by atoms with Crippen LogP contribution in [0.4, 0.5) is 0 Å². The van der Waals surface area contributed by atoms with Gasteiger partial charge in [0, 0.05) is 18.3 Å². The van der Waals surface area contributed by atoms with E-state index in [-0.39, 0.29) is 5.56 Å². The van der Waals surface area contributed by atoms with Crippen LogP contribution in [0.25, 0.3) is 0 Å². The van der Waals surface area contributed by atoms with E-state index in [1.54, 1.807) is 42.1 Å². The van der Waals surface area contributed by atoms with Crippen molar-refractivity contribution in [2.75, 3.05) is 6.61 Å². The molecule has 0 saturated heterocycles. The van der Waals surface area contributed by atoms with E-state index in [1.807, 2.05) is 0 Å². The van der Waals surface area contributed by atoms with E-state index < -0.39 is 0 Å². The molecule has 5 heteroatoms. The van der Waals surface area contributed by atoms with E-state index in [1.165, 1.54) is 6.07 Å². The van der Waals surface area contributed by atoms with E-state index in [4.69, 9.17) is 10.00 Å². The maximum Gasteiger partial charge on any atom is 0.253 e. The van der Waals surface area contributed by atoms with Gasteiger partial charge in [0.2, 0.25) is 0 Å². The average molecular weight is 269 g/mol. The van der Waals surface area contributed by atoms with Gasteiger partial charge in [-0.2, -0.15) is 5.26 Å². The largest absolute Gasteiger partial charge is 0.493 e. The van der Waals surface area contributed by atoms with Crippen molar-refractivity contribution < 1.29 is 4.74 Å². The molecule has 0 spiro atoms. The summed E-state index contributed by atoms with van der Waals surface area (Å²) in [5.41, 5.74) is 1.24. The van der Waals surface area contributed by atoms with Crippen LogP contribution in [-0.2, 0) is 6.54 Å². The number of nitrogens with zero attached hydrogens (tertiary/aromatic N) is 3. The Labute approximate surface area is 117 Å². The molecule has 5 nitrogen and oxygen atoms in total. The van der Waals surface area contributed by atoms with Crippen LogP contribution in [0, 0.1) is 18.3 Å². The Kier molecular flexibility index (Phi) is 4.51. The highest BCUT2D eigenvalue weighted by Gasteiger charge is 1.99. The monoisotopic (exact) mass is 269 g/mol. The van der Waals surface area contributed by atoms with E-state index in [2.05, 4.69) is 11.1 Å². The first-order valence-corrected chi connectivity index (χ1v) is 6.35. The number of aryl methyl sites for hydroxylation is 2. The van der Waals surface area contributed by atoms with Gasteiger partial charge in [-0.3, -0.25) is 9.36 Å². The molecule has 0 atom stereocenters. The Bertz CT molecular complexity index is 686. The van der Waals surface area contributed by atoms with Crippen LogP contribution < -0.4 is 10.3 Å². The molecule has 0 N–H and O–H groups in total. The predicted octanol–water partition coefficient (Wildman–Crippen LogP) is 1.89. The van der Waals surface area contributed by atoms with Gasteiger partial charge in [0.15, 0.2) is 0 Å². The molecule has 0 amide bonds. The van der Waals surface area contributed by atoms with Crippen molar-refractivity contribution in [2.45, 2.75) is 19.9 Å². The maximum absolute atomic E-state index is 11.6. The minimum absolute atomic E-state index is 0.0519. The van der Waals surface area contributed by atoms with Crippen LogP contribution >= 0.6 is 0 Å². The van der Waals surface area contributed by atoms with Gasteiger partial charge in [-0.15, -0.1) is 0 Å². The molecule has 0 bridgehead atoms. The van der Waals surface area contributed by atoms with Crippen molar-refractivity contribution in [3.05, 3.63) is 58.3 Å². The van der Waals surface area contributed by atoms with Crippen molar-refractivity contribution in [1.82, 2.24) is 9.55 Å². The number of hydrogen-bond acceptors (Lipinski definition) is 4. The van der Waals surface area contributed by atoms with E-state index in [0.717, 1.165) is 5.69 Å². The summed E-state index contributed by atoms with van der Waals surface area (Å²) in [6, 6.07) is 10.6. The summed E-state index contributed by atoms with van der Waals surface area (Å²) in [5, 5.41) is 8.78. The molecule has 0 aliphatic rings. The topological polar surface area (TPSA) is 67.9 Å². The minimum atomic E-state index is -0.0519. The van der Waals surface area contributed by atoms with Gasteiger partial charge in [-0.05, 0) is 31.5 Å². The number of benzene rings is 1. The summed E-state index contributed by atoms with van der Waals surface area (Å²) in [6.07, 6.45) is 2.25. The molecule has 0 unspecified atom stereocenters. The van der Waals surface area contributed by atoms with Crippen LogP contribution in [0.5, 0.6) is 5.75 Å². The van der Waals surface area contributed by atoms with Gasteiger partial charge < -0.3 is 4.74 Å². The van der Waals surface area contributed by atoms with Gasteiger partial charge in [0.05, 0.1) is 24.6 Å². The number of rotatable bonds is 5. The zero-order valence-electron chi connectivity index (χ0n) is 11.2. The highest BCUT2D eigenvalue weighted by Crippen LogP contribution is 2.12. The second kappa shape index (κ2) is 6.53. The standard InChI is InChI=1S/C15H15N3O2/c1-12-8-15(19)18(11-17-12)6-3-7-20-14-5-2-4-13(9-14)10-16/h2,4-5,8-9,11H,3,6-7H2,1H3. The highest BCUT2D eigenvalue weighted by atomic mass is 16.5. The molecule has 0 saturated carbocycles. The number of aromatic nitrogens is 2. The fraction of sp³-hybridized carbons (Fsp3) is 0.267. The summed E-state index contributed by atoms with van der Waals surface area (Å²) >= 11 is 0. The average Bonchev–Trinajstić information content (AvgIpc) is 2.45. The normalized spacial score (nSPS) is 10.0. The third-order valence-corrected chi connectivity index (χ3v) is 2.79. The number of nitriles is 1. The summed E-state index contributed by atoms with van der Waals surface area (Å²) < 4.78 is 7.10. The molecule has 0 fully saturated rings. The van der Waals surface area contributed by atoms with Crippen LogP contribution in [0.1, 0.15) is 17.7 Å². The number of ether oxygens (including phenoxy) is 1. The van der Waals surface area contributed by atoms with Crippen molar-refractivity contribution in [3.8, 4) is 11.8 Å². The summed E-state index contributed by atoms with van der Waals surface area (Å²) in [5.74, 6) is 0.665. The molecule has 1 aromatic carbocycles. The zero-order chi connectivity index (χ0) is 14.4. The molecular weight excluding hydrogens is 254 g/mol. The lowest BCUT2D eigenvalue weighted by atomic mass is 10.2. The van der Waals surface area contributed by atoms with Crippen molar-refractivity contribution in [2.24, 2.45) is 0 Å². The molecule has 102 valence electrons. The van der Waals surface area contributed by atoms with Gasteiger partial charge >= 0.3 is 0 Å². The Morgan fingerprint density at radius 2 is 2.25 bits per heavy atom. The summed E-state index contributed by atoms with van der Waals surface area (Å²) in [7, 11) is 0. The lowest BCUT2D eigenvalue weighted by molar-refractivity contribution is 0.300. The van der Waals surface area contributed by atoms with Gasteiger partial charge in [-0.1, -0.05) is 6.07 Å². The SMILES string of the molecule is Cc1cc(=O)n(CCCOc2cccc(C#N)c2)cn1. The highest BCUT2D eigenvalue weighted by molar-refractivity contribution is 5.36. The molecule has 1 aromatic heterocycles. The maximum atomic E-state index is 11.6. The van der Waals surface area contributed by atoms with Crippen LogP contribution in [0.2, 0.25) is 0 Å². The Morgan fingerprint density at radius 1 is 1.40 bits per heavy atom. The summed E-state index contributed by atoms with van der Waals surface area (Å²) in [6.45, 7) is 2.83. The lowest BCUT2D eigenvalue weighted by Gasteiger charge is -2.07. The number of hydrogen-bond donors (Lipinski definition) is 0. The molecule has 20 heavy (non-hydrogen) atoms. The molecule has 0 aliphatic carbocycles. The van der Waals surface area contributed by atoms with Gasteiger partial charge in [0.1, 0.15) is 5.75 Å². The quantitative estimate of drug-likeness (QED) is 0.777. The third kappa shape index (κ3) is 3.69. The van der Waals surface area contributed by atoms with Crippen LogP contribution in [0.3, 0.4) is 0 Å². The predicted molar refractivity (Wildman–Crippen MR) is 74.5 cm³/mol. The Morgan fingerprint density at radius 3 is 3.00 bits per heavy atom. The first-order valence-electron chi connectivity index (χ1n) is 6.35. The van der Waals surface area contributed by atoms with E-state index in [9.17, 15) is 4.79 Å². The molecule has 0 radical (unpaired) electrons. The molecule has 1 heterocycles. The van der Waals surface area contributed by atoms with Gasteiger partial charge in [-0.25, -0.2) is 4.98 Å².